The van der Waals surface area contributed by atoms with Gasteiger partial charge < -0.3 is 8.83 Å². The minimum atomic E-state index is -0.357. The second-order valence-electron chi connectivity index (χ2n) is 16.0. The Hall–Kier alpha value is -6.92. The van der Waals surface area contributed by atoms with Crippen molar-refractivity contribution in [1.82, 2.24) is 19.9 Å². The van der Waals surface area contributed by atoms with Gasteiger partial charge >= 0.3 is 0 Å². The smallest absolute Gasteiger partial charge is 0.164 e. The molecule has 56 heavy (non-hydrogen) atoms. The monoisotopic (exact) mass is 724 g/mol. The first kappa shape index (κ1) is 32.5. The Kier molecular flexibility index (Phi) is 6.84. The van der Waals surface area contributed by atoms with E-state index in [-0.39, 0.29) is 10.8 Å². The van der Waals surface area contributed by atoms with Crippen molar-refractivity contribution in [3.05, 3.63) is 157 Å². The van der Waals surface area contributed by atoms with E-state index in [1.165, 1.54) is 11.1 Å². The summed E-state index contributed by atoms with van der Waals surface area (Å²) in [5, 5.41) is 4.29. The first-order valence-corrected chi connectivity index (χ1v) is 19.1. The van der Waals surface area contributed by atoms with E-state index in [2.05, 4.69) is 100 Å². The molecule has 0 N–H and O–H groups in total. The van der Waals surface area contributed by atoms with E-state index in [9.17, 15) is 0 Å². The summed E-state index contributed by atoms with van der Waals surface area (Å²) < 4.78 is 12.6. The minimum absolute atomic E-state index is 0.133. The van der Waals surface area contributed by atoms with Crippen LogP contribution in [0.3, 0.4) is 0 Å². The summed E-state index contributed by atoms with van der Waals surface area (Å²) in [6.45, 7) is 9.29. The van der Waals surface area contributed by atoms with Gasteiger partial charge in [-0.3, -0.25) is 4.98 Å². The van der Waals surface area contributed by atoms with Crippen molar-refractivity contribution < 1.29 is 8.83 Å². The molecule has 0 radical (unpaired) electrons. The Balaban J connectivity index is 1.08. The molecule has 0 aliphatic heterocycles. The standard InChI is InChI=1S/C50H36N4O2/c1-49(2,3)50(4)36-25-27-41-44(33-19-9-11-22-39(33)56-41)43(36)34-24-26-37(51-45(34)50)30-16-12-17-31(28-30)47-52-46(29-14-6-5-7-15-29)53-48(54-47)35-20-13-23-40-42(35)32-18-8-10-21-38(32)55-40/h5-28H,1-4H3. The molecule has 0 fully saturated rings. The number of aromatic nitrogens is 4. The fraction of sp³-hybridized carbons (Fsp3) is 0.120. The number of para-hydroxylation sites is 2. The molecule has 4 aromatic heterocycles. The number of rotatable bonds is 4. The van der Waals surface area contributed by atoms with Crippen molar-refractivity contribution in [2.45, 2.75) is 33.1 Å². The predicted molar refractivity (Wildman–Crippen MR) is 225 cm³/mol. The highest BCUT2D eigenvalue weighted by Gasteiger charge is 2.49. The Morgan fingerprint density at radius 1 is 0.464 bits per heavy atom. The highest BCUT2D eigenvalue weighted by Crippen LogP contribution is 2.59. The Bertz CT molecular complexity index is 3210. The molecular formula is C50H36N4O2. The zero-order valence-electron chi connectivity index (χ0n) is 31.5. The van der Waals surface area contributed by atoms with Crippen molar-refractivity contribution in [2.24, 2.45) is 5.41 Å². The summed E-state index contributed by atoms with van der Waals surface area (Å²) in [4.78, 5) is 20.9. The first-order valence-electron chi connectivity index (χ1n) is 19.1. The average molecular weight is 725 g/mol. The zero-order chi connectivity index (χ0) is 37.8. The summed E-state index contributed by atoms with van der Waals surface area (Å²) in [5.41, 5.74) is 12.2. The summed E-state index contributed by atoms with van der Waals surface area (Å²) >= 11 is 0. The second kappa shape index (κ2) is 11.8. The summed E-state index contributed by atoms with van der Waals surface area (Å²) in [6, 6.07) is 49.7. The van der Waals surface area contributed by atoms with E-state index in [0.717, 1.165) is 83.1 Å². The quantitative estimate of drug-likeness (QED) is 0.180. The van der Waals surface area contributed by atoms with E-state index in [1.807, 2.05) is 72.8 Å². The van der Waals surface area contributed by atoms with Gasteiger partial charge in [0.2, 0.25) is 0 Å². The van der Waals surface area contributed by atoms with Crippen LogP contribution in [0.15, 0.2) is 154 Å². The molecule has 1 aliphatic rings. The topological polar surface area (TPSA) is 77.8 Å². The highest BCUT2D eigenvalue weighted by atomic mass is 16.3. The molecule has 1 aliphatic carbocycles. The molecule has 0 spiro atoms. The van der Waals surface area contributed by atoms with Crippen LogP contribution in [0, 0.1) is 5.41 Å². The van der Waals surface area contributed by atoms with Gasteiger partial charge in [-0.2, -0.15) is 0 Å². The average Bonchev–Trinajstić information content (AvgIpc) is 3.89. The minimum Gasteiger partial charge on any atom is -0.456 e. The van der Waals surface area contributed by atoms with Crippen LogP contribution in [-0.4, -0.2) is 19.9 Å². The van der Waals surface area contributed by atoms with Crippen LogP contribution in [0.5, 0.6) is 0 Å². The lowest BCUT2D eigenvalue weighted by atomic mass is 9.64. The molecule has 0 saturated heterocycles. The SMILES string of the molecule is CC(C)(C)C1(C)c2ccc3oc4ccccc4c3c2-c2ccc(-c3cccc(-c4nc(-c5ccccc5)nc(-c5cccc6oc7ccccc7c56)n4)c3)nc21. The van der Waals surface area contributed by atoms with Gasteiger partial charge in [0.1, 0.15) is 22.3 Å². The molecule has 1 atom stereocenters. The van der Waals surface area contributed by atoms with Crippen LogP contribution in [0.4, 0.5) is 0 Å². The largest absolute Gasteiger partial charge is 0.456 e. The normalized spacial score (nSPS) is 15.2. The van der Waals surface area contributed by atoms with Crippen LogP contribution >= 0.6 is 0 Å². The van der Waals surface area contributed by atoms with E-state index < -0.39 is 0 Å². The molecule has 0 bridgehead atoms. The molecule has 0 amide bonds. The maximum Gasteiger partial charge on any atom is 0.164 e. The third-order valence-corrected chi connectivity index (χ3v) is 11.9. The number of furan rings is 2. The van der Waals surface area contributed by atoms with E-state index in [4.69, 9.17) is 28.8 Å². The molecule has 1 unspecified atom stereocenters. The maximum absolute atomic E-state index is 6.36. The fourth-order valence-corrected chi connectivity index (χ4v) is 8.72. The number of nitrogens with zero attached hydrogens (tertiary/aromatic N) is 4. The predicted octanol–water partition coefficient (Wildman–Crippen LogP) is 13.1. The van der Waals surface area contributed by atoms with Gasteiger partial charge in [-0.25, -0.2) is 15.0 Å². The van der Waals surface area contributed by atoms with Gasteiger partial charge in [-0.15, -0.1) is 0 Å². The molecule has 11 rings (SSSR count). The van der Waals surface area contributed by atoms with Crippen LogP contribution in [0.2, 0.25) is 0 Å². The molecule has 6 aromatic carbocycles. The van der Waals surface area contributed by atoms with Crippen LogP contribution < -0.4 is 0 Å². The van der Waals surface area contributed by atoms with E-state index in [0.29, 0.717) is 17.5 Å². The van der Waals surface area contributed by atoms with Crippen LogP contribution in [0.1, 0.15) is 39.0 Å². The zero-order valence-corrected chi connectivity index (χ0v) is 31.5. The lowest BCUT2D eigenvalue weighted by Crippen LogP contribution is -2.37. The number of hydrogen-bond acceptors (Lipinski definition) is 6. The first-order chi connectivity index (χ1) is 27.3. The van der Waals surface area contributed by atoms with Gasteiger partial charge in [0, 0.05) is 54.8 Å². The number of pyridine rings is 1. The molecule has 0 saturated carbocycles. The van der Waals surface area contributed by atoms with Gasteiger partial charge in [0.25, 0.3) is 0 Å². The van der Waals surface area contributed by atoms with Gasteiger partial charge in [-0.1, -0.05) is 130 Å². The third-order valence-electron chi connectivity index (χ3n) is 11.9. The van der Waals surface area contributed by atoms with Gasteiger partial charge in [-0.05, 0) is 59.9 Å². The van der Waals surface area contributed by atoms with Crippen molar-refractivity contribution in [3.8, 4) is 56.5 Å². The number of benzene rings is 6. The highest BCUT2D eigenvalue weighted by molar-refractivity contribution is 6.15. The molecular weight excluding hydrogens is 689 g/mol. The van der Waals surface area contributed by atoms with Crippen molar-refractivity contribution >= 4 is 43.9 Å². The molecule has 6 heteroatoms. The Morgan fingerprint density at radius 3 is 1.80 bits per heavy atom. The second-order valence-corrected chi connectivity index (χ2v) is 16.0. The molecule has 6 nitrogen and oxygen atoms in total. The maximum atomic E-state index is 6.36. The summed E-state index contributed by atoms with van der Waals surface area (Å²) in [7, 11) is 0. The third kappa shape index (κ3) is 4.68. The Labute approximate surface area is 323 Å². The molecule has 10 aromatic rings. The van der Waals surface area contributed by atoms with Gasteiger partial charge in [0.15, 0.2) is 17.5 Å². The number of hydrogen-bond donors (Lipinski definition) is 0. The van der Waals surface area contributed by atoms with Crippen molar-refractivity contribution in [1.29, 1.82) is 0 Å². The lowest BCUT2D eigenvalue weighted by Gasteiger charge is -2.40. The molecule has 4 heterocycles. The number of fused-ring (bicyclic) bond motifs is 10. The van der Waals surface area contributed by atoms with Crippen LogP contribution in [0.25, 0.3) is 100 Å². The Morgan fingerprint density at radius 2 is 1.05 bits per heavy atom. The van der Waals surface area contributed by atoms with Gasteiger partial charge in [0.05, 0.1) is 11.4 Å². The summed E-state index contributed by atoms with van der Waals surface area (Å²) in [6.07, 6.45) is 0. The van der Waals surface area contributed by atoms with Crippen molar-refractivity contribution in [3.63, 3.8) is 0 Å². The lowest BCUT2D eigenvalue weighted by molar-refractivity contribution is 0.249. The molecule has 268 valence electrons. The van der Waals surface area contributed by atoms with E-state index in [1.54, 1.807) is 0 Å². The van der Waals surface area contributed by atoms with Crippen LogP contribution in [-0.2, 0) is 5.41 Å². The van der Waals surface area contributed by atoms with Crippen molar-refractivity contribution in [2.75, 3.05) is 0 Å². The van der Waals surface area contributed by atoms with E-state index >= 15 is 0 Å². The fourth-order valence-electron chi connectivity index (χ4n) is 8.72. The summed E-state index contributed by atoms with van der Waals surface area (Å²) in [5.74, 6) is 1.78.